The summed E-state index contributed by atoms with van der Waals surface area (Å²) in [4.78, 5) is 34.0. The first-order chi connectivity index (χ1) is 21.8. The highest BCUT2D eigenvalue weighted by Crippen LogP contribution is 2.50. The van der Waals surface area contributed by atoms with E-state index in [0.29, 0.717) is 37.7 Å². The second-order valence-corrected chi connectivity index (χ2v) is 13.8. The first-order valence-electron chi connectivity index (χ1n) is 16.6. The molecular formula is C34H46F2N6O2. The highest BCUT2D eigenvalue weighted by Gasteiger charge is 2.52. The molecule has 8 nitrogen and oxygen atoms in total. The lowest BCUT2D eigenvalue weighted by molar-refractivity contribution is -0.134. The molecule has 2 aromatic carbocycles. The van der Waals surface area contributed by atoms with Crippen molar-refractivity contribution in [3.8, 4) is 0 Å². The van der Waals surface area contributed by atoms with Crippen molar-refractivity contribution >= 4 is 23.4 Å². The Morgan fingerprint density at radius 3 is 2.30 bits per heavy atom. The molecule has 1 fully saturated rings. The fourth-order valence-electron chi connectivity index (χ4n) is 6.27. The Bertz CT molecular complexity index is 1520. The van der Waals surface area contributed by atoms with Gasteiger partial charge >= 0.3 is 0 Å². The van der Waals surface area contributed by atoms with Crippen molar-refractivity contribution in [2.45, 2.75) is 91.7 Å². The summed E-state index contributed by atoms with van der Waals surface area (Å²) in [7, 11) is 0. The van der Waals surface area contributed by atoms with E-state index in [2.05, 4.69) is 31.2 Å². The lowest BCUT2D eigenvalue weighted by Crippen LogP contribution is -2.51. The lowest BCUT2D eigenvalue weighted by Gasteiger charge is -2.47. The van der Waals surface area contributed by atoms with Crippen LogP contribution in [0.5, 0.6) is 0 Å². The highest BCUT2D eigenvalue weighted by atomic mass is 19.1. The number of nitrogens with two attached hydrogens (primary N) is 2. The molecule has 1 aliphatic heterocycles. The molecule has 2 amide bonds. The van der Waals surface area contributed by atoms with E-state index in [1.165, 1.54) is 0 Å². The molecule has 0 radical (unpaired) electrons. The van der Waals surface area contributed by atoms with Crippen LogP contribution in [0.25, 0.3) is 0 Å². The Morgan fingerprint density at radius 2 is 1.75 bits per heavy atom. The fraction of sp³-hybridized carbons (Fsp3) is 0.529. The zero-order valence-corrected chi connectivity index (χ0v) is 26.2. The quantitative estimate of drug-likeness (QED) is 0.145. The summed E-state index contributed by atoms with van der Waals surface area (Å²) < 4.78 is 53.3. The molecule has 0 aromatic heterocycles. The van der Waals surface area contributed by atoms with Crippen LogP contribution in [0.15, 0.2) is 52.6 Å². The third-order valence-electron chi connectivity index (χ3n) is 8.77. The Morgan fingerprint density at radius 1 is 1.14 bits per heavy atom. The van der Waals surface area contributed by atoms with Crippen molar-refractivity contribution in [1.82, 2.24) is 10.2 Å². The van der Waals surface area contributed by atoms with Gasteiger partial charge in [-0.2, -0.15) is 5.10 Å². The molecular weight excluding hydrogens is 562 g/mol. The number of aliphatic imine (C=N–C) groups is 1. The minimum Gasteiger partial charge on any atom is -0.384 e. The molecule has 44 heavy (non-hydrogen) atoms. The maximum Gasteiger partial charge on any atom is 0.275 e. The maximum absolute atomic E-state index is 14.5. The molecule has 4 rings (SSSR count). The van der Waals surface area contributed by atoms with E-state index in [4.69, 9.17) is 20.7 Å². The fourth-order valence-corrected chi connectivity index (χ4v) is 6.27. The van der Waals surface area contributed by atoms with Gasteiger partial charge in [-0.1, -0.05) is 53.6 Å². The number of amidine groups is 1. The Balaban J connectivity index is 1.77. The van der Waals surface area contributed by atoms with Crippen LogP contribution < -0.4 is 16.9 Å². The van der Waals surface area contributed by atoms with E-state index in [-0.39, 0.29) is 40.9 Å². The number of benzene rings is 2. The summed E-state index contributed by atoms with van der Waals surface area (Å²) in [6.45, 7) is 7.64. The van der Waals surface area contributed by atoms with Crippen molar-refractivity contribution in [3.63, 3.8) is 0 Å². The number of nitrogens with zero attached hydrogens (tertiary/aromatic N) is 3. The Hall–Kier alpha value is -3.82. The van der Waals surface area contributed by atoms with Crippen molar-refractivity contribution in [2.24, 2.45) is 38.4 Å². The van der Waals surface area contributed by atoms with Crippen molar-refractivity contribution in [1.29, 1.82) is 0 Å². The standard InChI is InChI=1S/C34H46F2N6O2/c1-32(2,3)14-13-27(21-7-9-22(10-8-21)30(43)39-20-28(37)41-38)42-31(44)29(23-17-25(35)19-26(36)18-23)40-34(42)15-11-24(12-16-34)33(4,5)6/h7-10,17-19,24,27H,11-16,20,38H2,1-6H3,(H2,37,41)(H,39,43)/t24?,27-,34?/m1/s1/i4D3. The van der Waals surface area contributed by atoms with E-state index in [1.54, 1.807) is 43.0 Å². The summed E-state index contributed by atoms with van der Waals surface area (Å²) in [6.07, 6.45) is 3.07. The van der Waals surface area contributed by atoms with Crippen molar-refractivity contribution in [3.05, 3.63) is 70.8 Å². The molecule has 0 unspecified atom stereocenters. The SMILES string of the molecule is [2H]C([2H])([2H])C(C)(C)C1CCC2(CC1)N=C(c1cc(F)cc(F)c1)C(=O)N2[C@H](CCC(C)(C)C)c1ccc(C(=O)NC/C(N)=N/N)cc1. The molecule has 238 valence electrons. The molecule has 1 atom stereocenters. The first kappa shape index (κ1) is 28.9. The van der Waals surface area contributed by atoms with E-state index in [9.17, 15) is 18.4 Å². The van der Waals surface area contributed by atoms with Gasteiger partial charge in [0, 0.05) is 21.3 Å². The Labute approximate surface area is 263 Å². The molecule has 1 saturated carbocycles. The number of halogens is 2. The molecule has 0 bridgehead atoms. The zero-order chi connectivity index (χ0) is 34.9. The molecule has 2 aromatic rings. The summed E-state index contributed by atoms with van der Waals surface area (Å²) in [6, 6.07) is 9.40. The van der Waals surface area contributed by atoms with E-state index in [0.717, 1.165) is 30.2 Å². The summed E-state index contributed by atoms with van der Waals surface area (Å²) in [5.41, 5.74) is 4.69. The van der Waals surface area contributed by atoms with Crippen molar-refractivity contribution in [2.75, 3.05) is 6.54 Å². The van der Waals surface area contributed by atoms with Gasteiger partial charge in [0.05, 0.1) is 12.6 Å². The smallest absolute Gasteiger partial charge is 0.275 e. The van der Waals surface area contributed by atoms with Gasteiger partial charge in [-0.05, 0) is 85.1 Å². The highest BCUT2D eigenvalue weighted by molar-refractivity contribution is 6.46. The number of hydrazone groups is 1. The summed E-state index contributed by atoms with van der Waals surface area (Å²) in [5, 5.41) is 6.01. The van der Waals surface area contributed by atoms with Crippen LogP contribution in [-0.2, 0) is 4.79 Å². The number of hydrogen-bond donors (Lipinski definition) is 3. The zero-order valence-electron chi connectivity index (χ0n) is 29.2. The normalized spacial score (nSPS) is 23.2. The van der Waals surface area contributed by atoms with Gasteiger partial charge in [-0.25, -0.2) is 8.78 Å². The monoisotopic (exact) mass is 611 g/mol. The molecule has 1 spiro atoms. The van der Waals surface area contributed by atoms with Gasteiger partial charge < -0.3 is 21.8 Å². The van der Waals surface area contributed by atoms with Gasteiger partial charge in [-0.3, -0.25) is 14.6 Å². The van der Waals surface area contributed by atoms with Crippen LogP contribution in [0.4, 0.5) is 8.78 Å². The largest absolute Gasteiger partial charge is 0.384 e. The molecule has 5 N–H and O–H groups in total. The van der Waals surface area contributed by atoms with Crippen LogP contribution >= 0.6 is 0 Å². The van der Waals surface area contributed by atoms with Crippen LogP contribution in [0, 0.1) is 28.4 Å². The molecule has 2 aliphatic rings. The minimum atomic E-state index is -2.17. The number of carbonyl (C=O) groups excluding carboxylic acids is 2. The summed E-state index contributed by atoms with van der Waals surface area (Å²) in [5.74, 6) is 2.63. The van der Waals surface area contributed by atoms with Gasteiger partial charge in [-0.15, -0.1) is 0 Å². The van der Waals surface area contributed by atoms with Crippen LogP contribution in [-0.4, -0.2) is 40.5 Å². The van der Waals surface area contributed by atoms with Crippen LogP contribution in [0.3, 0.4) is 0 Å². The van der Waals surface area contributed by atoms with Gasteiger partial charge in [0.2, 0.25) is 0 Å². The van der Waals surface area contributed by atoms with Crippen molar-refractivity contribution < 1.29 is 22.5 Å². The first-order valence-corrected chi connectivity index (χ1v) is 15.1. The topological polar surface area (TPSA) is 126 Å². The van der Waals surface area contributed by atoms with Gasteiger partial charge in [0.25, 0.3) is 11.8 Å². The average molecular weight is 612 g/mol. The number of rotatable bonds is 8. The van der Waals surface area contributed by atoms with Crippen LogP contribution in [0.2, 0.25) is 0 Å². The van der Waals surface area contributed by atoms with Crippen LogP contribution in [0.1, 0.15) is 112 Å². The molecule has 0 saturated heterocycles. The van der Waals surface area contributed by atoms with Gasteiger partial charge in [0.15, 0.2) is 0 Å². The Kier molecular flexibility index (Phi) is 8.32. The summed E-state index contributed by atoms with van der Waals surface area (Å²) >= 11 is 0. The predicted octanol–water partition coefficient (Wildman–Crippen LogP) is 6.06. The molecule has 1 aliphatic carbocycles. The van der Waals surface area contributed by atoms with E-state index < -0.39 is 41.5 Å². The van der Waals surface area contributed by atoms with E-state index in [1.807, 2.05) is 0 Å². The number of hydrogen-bond acceptors (Lipinski definition) is 5. The molecule has 10 heteroatoms. The number of amides is 2. The molecule has 1 heterocycles. The van der Waals surface area contributed by atoms with Gasteiger partial charge in [0.1, 0.15) is 28.8 Å². The third kappa shape index (κ3) is 7.45. The average Bonchev–Trinajstić information content (AvgIpc) is 3.25. The minimum absolute atomic E-state index is 0.0174. The second kappa shape index (κ2) is 12.7. The number of nitrogens with one attached hydrogen (secondary N) is 1. The second-order valence-electron chi connectivity index (χ2n) is 13.8. The van der Waals surface area contributed by atoms with E-state index >= 15 is 0 Å². The lowest BCUT2D eigenvalue weighted by atomic mass is 9.69. The third-order valence-corrected chi connectivity index (χ3v) is 8.77. The number of carbonyl (C=O) groups is 2. The predicted molar refractivity (Wildman–Crippen MR) is 170 cm³/mol. The maximum atomic E-state index is 14.5.